The van der Waals surface area contributed by atoms with Gasteiger partial charge in [0.15, 0.2) is 0 Å². The van der Waals surface area contributed by atoms with E-state index < -0.39 is 18.0 Å². The highest BCUT2D eigenvalue weighted by Crippen LogP contribution is 2.08. The van der Waals surface area contributed by atoms with Gasteiger partial charge in [-0.25, -0.2) is 9.18 Å². The summed E-state index contributed by atoms with van der Waals surface area (Å²) in [6, 6.07) is 4.69. The number of likely N-dealkylation sites (N-methyl/N-ethyl adjacent to an activating group) is 1. The zero-order valence-electron chi connectivity index (χ0n) is 10.3. The number of hydrogen-bond acceptors (Lipinski definition) is 3. The van der Waals surface area contributed by atoms with E-state index in [1.165, 1.54) is 12.1 Å². The molecule has 1 aromatic rings. The van der Waals surface area contributed by atoms with Crippen molar-refractivity contribution in [3.05, 3.63) is 35.6 Å². The van der Waals surface area contributed by atoms with Crippen LogP contribution in [0.5, 0.6) is 0 Å². The Hall–Kier alpha value is -1.95. The third kappa shape index (κ3) is 4.14. The number of nitrogens with two attached hydrogens (primary N) is 1. The quantitative estimate of drug-likeness (QED) is 0.835. The predicted octanol–water partition coefficient (Wildman–Crippen LogP) is 0.841. The summed E-state index contributed by atoms with van der Waals surface area (Å²) >= 11 is 0. The fraction of sp³-hybridized carbons (Fsp3) is 0.333. The zero-order chi connectivity index (χ0) is 13.7. The van der Waals surface area contributed by atoms with Crippen molar-refractivity contribution in [3.8, 4) is 0 Å². The maximum atomic E-state index is 13.0. The molecule has 0 aliphatic rings. The molecule has 18 heavy (non-hydrogen) atoms. The summed E-state index contributed by atoms with van der Waals surface area (Å²) < 4.78 is 13.0. The van der Waals surface area contributed by atoms with Crippen LogP contribution in [0.1, 0.15) is 12.5 Å². The van der Waals surface area contributed by atoms with Crippen LogP contribution in [0.3, 0.4) is 0 Å². The molecular formula is C12H16FN3O2. The molecule has 1 aromatic carbocycles. The number of benzene rings is 1. The number of primary amides is 1. The van der Waals surface area contributed by atoms with Crippen molar-refractivity contribution in [2.45, 2.75) is 19.5 Å². The standard InChI is InChI=1S/C12H16FN3O2/c1-8(11(17)15-12(14)18)16(2)7-9-4-3-5-10(13)6-9/h3-6,8H,7H2,1-2H3,(H3,14,15,17,18)/t8-/m1/s1. The lowest BCUT2D eigenvalue weighted by atomic mass is 10.2. The summed E-state index contributed by atoms with van der Waals surface area (Å²) in [6.45, 7) is 2.03. The van der Waals surface area contributed by atoms with E-state index in [0.29, 0.717) is 6.54 Å². The Balaban J connectivity index is 2.62. The molecule has 0 aromatic heterocycles. The van der Waals surface area contributed by atoms with Crippen molar-refractivity contribution >= 4 is 11.9 Å². The Labute approximate surface area is 105 Å². The lowest BCUT2D eigenvalue weighted by Gasteiger charge is -2.23. The first-order valence-corrected chi connectivity index (χ1v) is 5.45. The molecule has 1 rings (SSSR count). The Morgan fingerprint density at radius 2 is 2.17 bits per heavy atom. The van der Waals surface area contributed by atoms with Crippen molar-refractivity contribution in [3.63, 3.8) is 0 Å². The number of halogens is 1. The van der Waals surface area contributed by atoms with Gasteiger partial charge in [0.1, 0.15) is 5.82 Å². The summed E-state index contributed by atoms with van der Waals surface area (Å²) in [5.41, 5.74) is 5.61. The molecule has 98 valence electrons. The third-order valence-corrected chi connectivity index (χ3v) is 2.61. The number of carbonyl (C=O) groups excluding carboxylic acids is 2. The minimum absolute atomic E-state index is 0.324. The van der Waals surface area contributed by atoms with Crippen molar-refractivity contribution < 1.29 is 14.0 Å². The second-order valence-electron chi connectivity index (χ2n) is 4.07. The highest BCUT2D eigenvalue weighted by atomic mass is 19.1. The Morgan fingerprint density at radius 1 is 1.50 bits per heavy atom. The number of amides is 3. The molecule has 6 heteroatoms. The average Bonchev–Trinajstić information content (AvgIpc) is 2.27. The molecular weight excluding hydrogens is 237 g/mol. The lowest BCUT2D eigenvalue weighted by molar-refractivity contribution is -0.124. The van der Waals surface area contributed by atoms with Gasteiger partial charge in [-0.1, -0.05) is 12.1 Å². The molecule has 0 radical (unpaired) electrons. The fourth-order valence-electron chi connectivity index (χ4n) is 1.49. The number of hydrogen-bond donors (Lipinski definition) is 2. The summed E-state index contributed by atoms with van der Waals surface area (Å²) in [5, 5.41) is 2.00. The number of urea groups is 1. The van der Waals surface area contributed by atoms with Crippen molar-refractivity contribution in [2.24, 2.45) is 5.73 Å². The molecule has 3 amide bonds. The van der Waals surface area contributed by atoms with E-state index in [-0.39, 0.29) is 5.82 Å². The van der Waals surface area contributed by atoms with Crippen LogP contribution in [0.4, 0.5) is 9.18 Å². The molecule has 1 atom stereocenters. The van der Waals surface area contributed by atoms with E-state index in [2.05, 4.69) is 0 Å². The molecule has 0 aliphatic heterocycles. The molecule has 0 spiro atoms. The zero-order valence-corrected chi connectivity index (χ0v) is 10.3. The van der Waals surface area contributed by atoms with E-state index in [4.69, 9.17) is 5.73 Å². The monoisotopic (exact) mass is 253 g/mol. The van der Waals surface area contributed by atoms with Crippen LogP contribution >= 0.6 is 0 Å². The van der Waals surface area contributed by atoms with Crippen LogP contribution in [0, 0.1) is 5.82 Å². The van der Waals surface area contributed by atoms with Gasteiger partial charge in [0, 0.05) is 6.54 Å². The molecule has 0 bridgehead atoms. The molecule has 0 aliphatic carbocycles. The van der Waals surface area contributed by atoms with Crippen LogP contribution in [0.15, 0.2) is 24.3 Å². The van der Waals surface area contributed by atoms with Crippen molar-refractivity contribution in [1.29, 1.82) is 0 Å². The van der Waals surface area contributed by atoms with Gasteiger partial charge in [0.25, 0.3) is 0 Å². The molecule has 0 fully saturated rings. The molecule has 0 unspecified atom stereocenters. The van der Waals surface area contributed by atoms with E-state index in [9.17, 15) is 14.0 Å². The Kier molecular flexibility index (Phi) is 4.79. The first-order chi connectivity index (χ1) is 8.40. The van der Waals surface area contributed by atoms with Gasteiger partial charge in [-0.05, 0) is 31.7 Å². The third-order valence-electron chi connectivity index (χ3n) is 2.61. The topological polar surface area (TPSA) is 75.4 Å². The maximum Gasteiger partial charge on any atom is 0.318 e. The normalized spacial score (nSPS) is 12.2. The van der Waals surface area contributed by atoms with Gasteiger partial charge in [-0.15, -0.1) is 0 Å². The number of nitrogens with one attached hydrogen (secondary N) is 1. The van der Waals surface area contributed by atoms with Crippen LogP contribution in [-0.4, -0.2) is 29.9 Å². The highest BCUT2D eigenvalue weighted by molar-refractivity contribution is 5.96. The van der Waals surface area contributed by atoms with Gasteiger partial charge in [-0.2, -0.15) is 0 Å². The second-order valence-corrected chi connectivity index (χ2v) is 4.07. The summed E-state index contributed by atoms with van der Waals surface area (Å²) in [4.78, 5) is 23.8. The minimum Gasteiger partial charge on any atom is -0.351 e. The fourth-order valence-corrected chi connectivity index (χ4v) is 1.49. The molecule has 0 saturated heterocycles. The number of carbonyl (C=O) groups is 2. The first-order valence-electron chi connectivity index (χ1n) is 5.45. The maximum absolute atomic E-state index is 13.0. The second kappa shape index (κ2) is 6.11. The van der Waals surface area contributed by atoms with Crippen LogP contribution in [0.2, 0.25) is 0 Å². The van der Waals surface area contributed by atoms with Crippen molar-refractivity contribution in [2.75, 3.05) is 7.05 Å². The largest absolute Gasteiger partial charge is 0.351 e. The molecule has 5 nitrogen and oxygen atoms in total. The SMILES string of the molecule is C[C@H](C(=O)NC(N)=O)N(C)Cc1cccc(F)c1. The lowest BCUT2D eigenvalue weighted by Crippen LogP contribution is -2.46. The summed E-state index contributed by atoms with van der Waals surface area (Å²) in [5.74, 6) is -0.809. The van der Waals surface area contributed by atoms with Gasteiger partial charge in [0.05, 0.1) is 6.04 Å². The van der Waals surface area contributed by atoms with E-state index >= 15 is 0 Å². The molecule has 0 heterocycles. The first kappa shape index (κ1) is 14.1. The van der Waals surface area contributed by atoms with E-state index in [1.807, 2.05) is 5.32 Å². The number of rotatable bonds is 4. The summed E-state index contributed by atoms with van der Waals surface area (Å²) in [6.07, 6.45) is 0. The van der Waals surface area contributed by atoms with E-state index in [0.717, 1.165) is 5.56 Å². The summed E-state index contributed by atoms with van der Waals surface area (Å²) in [7, 11) is 1.70. The van der Waals surface area contributed by atoms with E-state index in [1.54, 1.807) is 31.0 Å². The van der Waals surface area contributed by atoms with Crippen LogP contribution in [-0.2, 0) is 11.3 Å². The smallest absolute Gasteiger partial charge is 0.318 e. The molecule has 3 N–H and O–H groups in total. The predicted molar refractivity (Wildman–Crippen MR) is 65.1 cm³/mol. The van der Waals surface area contributed by atoms with Gasteiger partial charge >= 0.3 is 6.03 Å². The van der Waals surface area contributed by atoms with Gasteiger partial charge < -0.3 is 5.73 Å². The highest BCUT2D eigenvalue weighted by Gasteiger charge is 2.19. The van der Waals surface area contributed by atoms with Crippen LogP contribution < -0.4 is 11.1 Å². The van der Waals surface area contributed by atoms with Gasteiger partial charge in [-0.3, -0.25) is 15.0 Å². The molecule has 0 saturated carbocycles. The van der Waals surface area contributed by atoms with Crippen LogP contribution in [0.25, 0.3) is 0 Å². The average molecular weight is 253 g/mol. The Bertz CT molecular complexity index is 451. The van der Waals surface area contributed by atoms with Gasteiger partial charge in [0.2, 0.25) is 5.91 Å². The number of imide groups is 1. The number of nitrogens with zero attached hydrogens (tertiary/aromatic N) is 1. The Morgan fingerprint density at radius 3 is 2.72 bits per heavy atom. The van der Waals surface area contributed by atoms with Crippen molar-refractivity contribution in [1.82, 2.24) is 10.2 Å². The minimum atomic E-state index is -0.883.